The van der Waals surface area contributed by atoms with Gasteiger partial charge >= 0.3 is 0 Å². The van der Waals surface area contributed by atoms with Crippen molar-refractivity contribution in [1.29, 1.82) is 10.5 Å². The first kappa shape index (κ1) is 19.6. The number of nitrogens with zero attached hydrogens (tertiary/aromatic N) is 2. The maximum absolute atomic E-state index is 13.4. The van der Waals surface area contributed by atoms with Crippen molar-refractivity contribution in [3.05, 3.63) is 99.8 Å². The van der Waals surface area contributed by atoms with Crippen LogP contribution in [0.2, 0.25) is 0 Å². The molecule has 1 saturated carbocycles. The average molecular weight is 410 g/mol. The van der Waals surface area contributed by atoms with Gasteiger partial charge in [-0.3, -0.25) is 4.79 Å². The first-order chi connectivity index (χ1) is 14.6. The van der Waals surface area contributed by atoms with Crippen LogP contribution in [0.3, 0.4) is 0 Å². The smallest absolute Gasteiger partial charge is 0.164 e. The van der Waals surface area contributed by atoms with E-state index in [0.29, 0.717) is 10.4 Å². The average Bonchev–Trinajstić information content (AvgIpc) is 3.34. The number of carbonyl (C=O) groups is 1. The lowest BCUT2D eigenvalue weighted by molar-refractivity contribution is -0.118. The number of aliphatic hydroxyl groups is 1. The van der Waals surface area contributed by atoms with Crippen LogP contribution in [-0.2, 0) is 4.79 Å². The van der Waals surface area contributed by atoms with Crippen LogP contribution < -0.4 is 0 Å². The van der Waals surface area contributed by atoms with Crippen LogP contribution in [0, 0.1) is 28.1 Å². The van der Waals surface area contributed by atoms with E-state index in [0.717, 1.165) is 5.56 Å². The molecule has 0 saturated heterocycles. The molecule has 146 valence electrons. The summed E-state index contributed by atoms with van der Waals surface area (Å²) in [5.41, 5.74) is 0.0214. The van der Waals surface area contributed by atoms with E-state index >= 15 is 0 Å². The number of hydrogen-bond donors (Lipinski definition) is 1. The van der Waals surface area contributed by atoms with Crippen molar-refractivity contribution in [2.45, 2.75) is 18.3 Å². The first-order valence-corrected chi connectivity index (χ1v) is 10.4. The zero-order valence-corrected chi connectivity index (χ0v) is 16.8. The van der Waals surface area contributed by atoms with E-state index < -0.39 is 17.3 Å². The molecule has 2 atom stereocenters. The molecule has 4 nitrogen and oxygen atoms in total. The molecular weight excluding hydrogens is 392 g/mol. The Labute approximate surface area is 179 Å². The summed E-state index contributed by atoms with van der Waals surface area (Å²) < 4.78 is 0. The molecule has 0 unspecified atom stereocenters. The van der Waals surface area contributed by atoms with Gasteiger partial charge in [0.25, 0.3) is 0 Å². The third-order valence-electron chi connectivity index (χ3n) is 5.70. The maximum Gasteiger partial charge on any atom is 0.164 e. The summed E-state index contributed by atoms with van der Waals surface area (Å²) in [5, 5.41) is 33.5. The molecule has 0 radical (unpaired) electrons. The van der Waals surface area contributed by atoms with Crippen molar-refractivity contribution in [2.24, 2.45) is 5.41 Å². The minimum atomic E-state index is -1.54. The van der Waals surface area contributed by atoms with Gasteiger partial charge in [0.05, 0.1) is 17.0 Å². The minimum Gasteiger partial charge on any atom is -0.506 e. The number of hydrogen-bond acceptors (Lipinski definition) is 5. The molecule has 2 aromatic carbocycles. The second-order valence-corrected chi connectivity index (χ2v) is 8.21. The fourth-order valence-corrected chi connectivity index (χ4v) is 4.99. The standard InChI is InChI=1S/C25H18N2O2S/c26-15-25(16-27)19(17-8-3-1-4-9-17)14-20(28)22(24(29)21-12-7-13-30-21)23(25)18-10-5-2-6-11-18/h1-13,19,23,29H,14H2/b24-22-/t19-,23+/m1/s1. The zero-order valence-electron chi connectivity index (χ0n) is 16.0. The van der Waals surface area contributed by atoms with Crippen LogP contribution in [0.15, 0.2) is 83.7 Å². The summed E-state index contributed by atoms with van der Waals surface area (Å²) in [7, 11) is 0. The van der Waals surface area contributed by atoms with Gasteiger partial charge in [-0.1, -0.05) is 66.7 Å². The van der Waals surface area contributed by atoms with Gasteiger partial charge in [0.1, 0.15) is 5.76 Å². The Kier molecular flexibility index (Phi) is 5.23. The third-order valence-corrected chi connectivity index (χ3v) is 6.57. The first-order valence-electron chi connectivity index (χ1n) is 9.55. The number of thiophene rings is 1. The molecule has 1 aliphatic rings. The van der Waals surface area contributed by atoms with Gasteiger partial charge in [-0.05, 0) is 22.6 Å². The van der Waals surface area contributed by atoms with Crippen LogP contribution in [0.4, 0.5) is 0 Å². The van der Waals surface area contributed by atoms with Gasteiger partial charge < -0.3 is 5.11 Å². The Balaban J connectivity index is 2.02. The molecule has 5 heteroatoms. The summed E-state index contributed by atoms with van der Waals surface area (Å²) in [6.45, 7) is 0. The number of ketones is 1. The van der Waals surface area contributed by atoms with Gasteiger partial charge in [0, 0.05) is 23.8 Å². The van der Waals surface area contributed by atoms with Crippen LogP contribution >= 0.6 is 11.3 Å². The van der Waals surface area contributed by atoms with E-state index in [1.54, 1.807) is 24.3 Å². The summed E-state index contributed by atoms with van der Waals surface area (Å²) in [5.74, 6) is -1.87. The third kappa shape index (κ3) is 3.10. The summed E-state index contributed by atoms with van der Waals surface area (Å²) in [6, 6.07) is 26.3. The highest BCUT2D eigenvalue weighted by Gasteiger charge is 2.56. The molecule has 1 fully saturated rings. The van der Waals surface area contributed by atoms with E-state index in [9.17, 15) is 20.4 Å². The second-order valence-electron chi connectivity index (χ2n) is 7.27. The highest BCUT2D eigenvalue weighted by atomic mass is 32.1. The highest BCUT2D eigenvalue weighted by molar-refractivity contribution is 7.11. The number of allylic oxidation sites excluding steroid dienone is 1. The van der Waals surface area contributed by atoms with Crippen molar-refractivity contribution in [3.63, 3.8) is 0 Å². The topological polar surface area (TPSA) is 84.9 Å². The Morgan fingerprint density at radius 2 is 1.53 bits per heavy atom. The second kappa shape index (κ2) is 7.99. The maximum atomic E-state index is 13.4. The largest absolute Gasteiger partial charge is 0.506 e. The molecule has 0 amide bonds. The number of carbonyl (C=O) groups excluding carboxylic acids is 1. The lowest BCUT2D eigenvalue weighted by atomic mass is 9.55. The summed E-state index contributed by atoms with van der Waals surface area (Å²) in [6.07, 6.45) is -0.0146. The predicted octanol–water partition coefficient (Wildman–Crippen LogP) is 5.59. The number of nitriles is 2. The van der Waals surface area contributed by atoms with Crippen LogP contribution in [0.25, 0.3) is 5.76 Å². The Morgan fingerprint density at radius 3 is 2.07 bits per heavy atom. The highest BCUT2D eigenvalue weighted by Crippen LogP contribution is 2.56. The van der Waals surface area contributed by atoms with E-state index in [4.69, 9.17) is 0 Å². The molecule has 0 spiro atoms. The van der Waals surface area contributed by atoms with E-state index in [1.807, 2.05) is 53.9 Å². The van der Waals surface area contributed by atoms with E-state index in [-0.39, 0.29) is 23.5 Å². The van der Waals surface area contributed by atoms with Gasteiger partial charge in [-0.15, -0.1) is 11.3 Å². The molecule has 3 aromatic rings. The van der Waals surface area contributed by atoms with E-state index in [1.165, 1.54) is 11.3 Å². The fraction of sp³-hybridized carbons (Fsp3) is 0.160. The zero-order chi connectivity index (χ0) is 21.1. The lowest BCUT2D eigenvalue weighted by Crippen LogP contribution is -2.42. The Hall–Kier alpha value is -3.67. The Bertz CT molecular complexity index is 1160. The molecule has 1 aliphatic carbocycles. The number of rotatable bonds is 3. The minimum absolute atomic E-state index is 0.0146. The van der Waals surface area contributed by atoms with Gasteiger partial charge in [0.2, 0.25) is 0 Å². The normalized spacial score (nSPS) is 22.0. The van der Waals surface area contributed by atoms with Crippen molar-refractivity contribution < 1.29 is 9.90 Å². The quantitative estimate of drug-likeness (QED) is 0.450. The van der Waals surface area contributed by atoms with Gasteiger partial charge in [0.15, 0.2) is 11.2 Å². The Morgan fingerprint density at radius 1 is 0.933 bits per heavy atom. The van der Waals surface area contributed by atoms with Crippen molar-refractivity contribution in [3.8, 4) is 12.1 Å². The molecule has 30 heavy (non-hydrogen) atoms. The van der Waals surface area contributed by atoms with Gasteiger partial charge in [-0.2, -0.15) is 10.5 Å². The van der Waals surface area contributed by atoms with Crippen molar-refractivity contribution in [2.75, 3.05) is 0 Å². The number of Topliss-reactive ketones (excluding diaryl/α,β-unsaturated/α-hetero) is 1. The molecule has 0 bridgehead atoms. The summed E-state index contributed by atoms with van der Waals surface area (Å²) >= 11 is 1.31. The molecule has 1 heterocycles. The fourth-order valence-electron chi connectivity index (χ4n) is 4.31. The van der Waals surface area contributed by atoms with Crippen LogP contribution in [0.1, 0.15) is 34.3 Å². The predicted molar refractivity (Wildman–Crippen MR) is 116 cm³/mol. The summed E-state index contributed by atoms with van der Waals surface area (Å²) in [4.78, 5) is 13.9. The number of aliphatic hydroxyl groups excluding tert-OH is 1. The van der Waals surface area contributed by atoms with Gasteiger partial charge in [-0.25, -0.2) is 0 Å². The SMILES string of the molecule is N#CC1(C#N)[C@@H](c2ccccc2)CC(=O)/C(=C(/O)c2cccs2)[C@@H]1c1ccccc1. The monoisotopic (exact) mass is 410 g/mol. The molecule has 1 N–H and O–H groups in total. The molecular formula is C25H18N2O2S. The van der Waals surface area contributed by atoms with Crippen molar-refractivity contribution in [1.82, 2.24) is 0 Å². The van der Waals surface area contributed by atoms with E-state index in [2.05, 4.69) is 12.1 Å². The van der Waals surface area contributed by atoms with Crippen LogP contribution in [0.5, 0.6) is 0 Å². The molecule has 0 aliphatic heterocycles. The van der Waals surface area contributed by atoms with Crippen LogP contribution in [-0.4, -0.2) is 10.9 Å². The molecule has 1 aromatic heterocycles. The lowest BCUT2D eigenvalue weighted by Gasteiger charge is -2.41. The molecule has 4 rings (SSSR count). The van der Waals surface area contributed by atoms with Crippen molar-refractivity contribution >= 4 is 22.9 Å². The number of benzene rings is 2.